The van der Waals surface area contributed by atoms with Gasteiger partial charge in [-0.3, -0.25) is 4.79 Å². The highest BCUT2D eigenvalue weighted by atomic mass is 32.1. The Balaban J connectivity index is 2.22. The van der Waals surface area contributed by atoms with Crippen LogP contribution in [0.2, 0.25) is 0 Å². The summed E-state index contributed by atoms with van der Waals surface area (Å²) in [5.74, 6) is 0.206. The van der Waals surface area contributed by atoms with Gasteiger partial charge in [0.15, 0.2) is 0 Å². The smallest absolute Gasteiger partial charge is 0.232 e. The number of nitrogens with zero attached hydrogens (tertiary/aromatic N) is 1. The van der Waals surface area contributed by atoms with Crippen molar-refractivity contribution in [3.63, 3.8) is 0 Å². The third-order valence-electron chi connectivity index (χ3n) is 4.12. The highest BCUT2D eigenvalue weighted by molar-refractivity contribution is 7.80. The summed E-state index contributed by atoms with van der Waals surface area (Å²) < 4.78 is 0. The second kappa shape index (κ2) is 6.35. The number of hydrogen-bond donors (Lipinski definition) is 1. The number of nitrogens with two attached hydrogens (primary N) is 1. The predicted molar refractivity (Wildman–Crippen MR) is 86.8 cm³/mol. The molecular formula is C16H22N2OS. The number of benzene rings is 1. The number of thiocarbonyl (C=S) groups is 1. The lowest BCUT2D eigenvalue weighted by Crippen LogP contribution is -2.42. The van der Waals surface area contributed by atoms with Gasteiger partial charge in [-0.15, -0.1) is 0 Å². The second-order valence-corrected chi connectivity index (χ2v) is 6.30. The first-order chi connectivity index (χ1) is 9.53. The van der Waals surface area contributed by atoms with Crippen LogP contribution in [0.4, 0.5) is 5.69 Å². The Hall–Kier alpha value is -1.42. The molecule has 3 nitrogen and oxygen atoms in total. The summed E-state index contributed by atoms with van der Waals surface area (Å²) in [4.78, 5) is 15.2. The molecule has 1 saturated carbocycles. The molecule has 1 amide bonds. The third kappa shape index (κ3) is 3.37. The fourth-order valence-electron chi connectivity index (χ4n) is 2.87. The Morgan fingerprint density at radius 2 is 1.90 bits per heavy atom. The van der Waals surface area contributed by atoms with Crippen LogP contribution in [0.1, 0.15) is 39.0 Å². The van der Waals surface area contributed by atoms with E-state index in [1.54, 1.807) is 0 Å². The fraction of sp³-hybridized carbons (Fsp3) is 0.500. The molecule has 0 saturated heterocycles. The van der Waals surface area contributed by atoms with Crippen molar-refractivity contribution in [2.75, 3.05) is 11.4 Å². The van der Waals surface area contributed by atoms with Gasteiger partial charge < -0.3 is 10.6 Å². The van der Waals surface area contributed by atoms with E-state index in [0.717, 1.165) is 31.4 Å². The molecule has 0 aromatic heterocycles. The van der Waals surface area contributed by atoms with Crippen molar-refractivity contribution in [3.05, 3.63) is 30.3 Å². The van der Waals surface area contributed by atoms with Gasteiger partial charge in [0.05, 0.1) is 4.99 Å². The number of amides is 1. The minimum Gasteiger partial charge on any atom is -0.393 e. The first-order valence-corrected chi connectivity index (χ1v) is 7.59. The number of para-hydroxylation sites is 1. The minimum atomic E-state index is -0.230. The van der Waals surface area contributed by atoms with Crippen LogP contribution in [0.3, 0.4) is 0 Å². The summed E-state index contributed by atoms with van der Waals surface area (Å²) in [7, 11) is 0. The van der Waals surface area contributed by atoms with Crippen molar-refractivity contribution < 1.29 is 4.79 Å². The zero-order chi connectivity index (χ0) is 14.6. The Morgan fingerprint density at radius 3 is 2.45 bits per heavy atom. The molecule has 0 atom stereocenters. The fourth-order valence-corrected chi connectivity index (χ4v) is 2.96. The predicted octanol–water partition coefficient (Wildman–Crippen LogP) is 3.28. The largest absolute Gasteiger partial charge is 0.393 e. The Labute approximate surface area is 126 Å². The summed E-state index contributed by atoms with van der Waals surface area (Å²) >= 11 is 4.95. The van der Waals surface area contributed by atoms with E-state index in [4.69, 9.17) is 18.0 Å². The number of hydrogen-bond acceptors (Lipinski definition) is 2. The molecule has 0 unspecified atom stereocenters. The standard InChI is InChI=1S/C16H22N2OS/c1-16(10-5-6-11-16)15(19)18(12-9-14(17)20)13-7-3-2-4-8-13/h2-4,7-8H,5-6,9-12H2,1H3,(H2,17,20). The molecule has 108 valence electrons. The monoisotopic (exact) mass is 290 g/mol. The topological polar surface area (TPSA) is 46.3 Å². The van der Waals surface area contributed by atoms with Gasteiger partial charge in [-0.05, 0) is 25.0 Å². The van der Waals surface area contributed by atoms with Gasteiger partial charge in [-0.2, -0.15) is 0 Å². The first kappa shape index (κ1) is 15.0. The Bertz CT molecular complexity index is 481. The van der Waals surface area contributed by atoms with Gasteiger partial charge >= 0.3 is 0 Å². The Kier molecular flexibility index (Phi) is 4.76. The molecule has 1 aromatic carbocycles. The number of rotatable bonds is 5. The van der Waals surface area contributed by atoms with Crippen LogP contribution >= 0.6 is 12.2 Å². The van der Waals surface area contributed by atoms with Crippen molar-refractivity contribution >= 4 is 28.8 Å². The van der Waals surface area contributed by atoms with Gasteiger partial charge in [-0.1, -0.05) is 50.2 Å². The molecule has 2 rings (SSSR count). The zero-order valence-corrected chi connectivity index (χ0v) is 12.8. The molecule has 0 aliphatic heterocycles. The maximum atomic E-state index is 12.9. The van der Waals surface area contributed by atoms with Gasteiger partial charge in [0.2, 0.25) is 5.91 Å². The minimum absolute atomic E-state index is 0.206. The lowest BCUT2D eigenvalue weighted by Gasteiger charge is -2.31. The van der Waals surface area contributed by atoms with Crippen LogP contribution in [0, 0.1) is 5.41 Å². The van der Waals surface area contributed by atoms with Gasteiger partial charge in [0.25, 0.3) is 0 Å². The third-order valence-corrected chi connectivity index (χ3v) is 4.32. The van der Waals surface area contributed by atoms with Crippen molar-refractivity contribution in [1.29, 1.82) is 0 Å². The lowest BCUT2D eigenvalue weighted by molar-refractivity contribution is -0.127. The summed E-state index contributed by atoms with van der Waals surface area (Å²) in [6.07, 6.45) is 4.79. The molecular weight excluding hydrogens is 268 g/mol. The van der Waals surface area contributed by atoms with Crippen LogP contribution in [0.15, 0.2) is 30.3 Å². The molecule has 1 fully saturated rings. The molecule has 1 aliphatic carbocycles. The second-order valence-electron chi connectivity index (χ2n) is 5.78. The van der Waals surface area contributed by atoms with E-state index in [2.05, 4.69) is 6.92 Å². The summed E-state index contributed by atoms with van der Waals surface area (Å²) in [5, 5.41) is 0. The van der Waals surface area contributed by atoms with E-state index in [1.165, 1.54) is 0 Å². The molecule has 0 heterocycles. The zero-order valence-electron chi connectivity index (χ0n) is 12.0. The van der Waals surface area contributed by atoms with Crippen molar-refractivity contribution in [3.8, 4) is 0 Å². The van der Waals surface area contributed by atoms with Crippen LogP contribution < -0.4 is 10.6 Å². The normalized spacial score (nSPS) is 16.9. The van der Waals surface area contributed by atoms with E-state index >= 15 is 0 Å². The maximum absolute atomic E-state index is 12.9. The SMILES string of the molecule is CC1(C(=O)N(CCC(N)=S)c2ccccc2)CCCC1. The lowest BCUT2D eigenvalue weighted by atomic mass is 9.87. The molecule has 0 spiro atoms. The van der Waals surface area contributed by atoms with Crippen molar-refractivity contribution in [1.82, 2.24) is 0 Å². The van der Waals surface area contributed by atoms with Gasteiger partial charge in [-0.25, -0.2) is 0 Å². The van der Waals surface area contributed by atoms with E-state index in [9.17, 15) is 4.79 Å². The number of carbonyl (C=O) groups excluding carboxylic acids is 1. The highest BCUT2D eigenvalue weighted by Crippen LogP contribution is 2.40. The van der Waals surface area contributed by atoms with Crippen LogP contribution in [-0.2, 0) is 4.79 Å². The van der Waals surface area contributed by atoms with Crippen LogP contribution in [0.5, 0.6) is 0 Å². The van der Waals surface area contributed by atoms with E-state index in [0.29, 0.717) is 18.0 Å². The molecule has 4 heteroatoms. The summed E-state index contributed by atoms with van der Waals surface area (Å²) in [6.45, 7) is 2.65. The van der Waals surface area contributed by atoms with Crippen molar-refractivity contribution in [2.45, 2.75) is 39.0 Å². The highest BCUT2D eigenvalue weighted by Gasteiger charge is 2.39. The maximum Gasteiger partial charge on any atom is 0.232 e. The molecule has 0 bridgehead atoms. The van der Waals surface area contributed by atoms with Crippen LogP contribution in [-0.4, -0.2) is 17.4 Å². The average Bonchev–Trinajstić information content (AvgIpc) is 2.88. The molecule has 2 N–H and O–H groups in total. The summed E-state index contributed by atoms with van der Waals surface area (Å²) in [5.41, 5.74) is 6.30. The van der Waals surface area contributed by atoms with Gasteiger partial charge in [0, 0.05) is 24.1 Å². The number of carbonyl (C=O) groups is 1. The van der Waals surface area contributed by atoms with E-state index in [1.807, 2.05) is 35.2 Å². The number of anilines is 1. The first-order valence-electron chi connectivity index (χ1n) is 7.18. The van der Waals surface area contributed by atoms with E-state index < -0.39 is 0 Å². The molecule has 0 radical (unpaired) electrons. The molecule has 1 aliphatic rings. The quantitative estimate of drug-likeness (QED) is 0.847. The average molecular weight is 290 g/mol. The summed E-state index contributed by atoms with van der Waals surface area (Å²) in [6, 6.07) is 9.79. The Morgan fingerprint density at radius 1 is 1.30 bits per heavy atom. The van der Waals surface area contributed by atoms with Crippen molar-refractivity contribution in [2.24, 2.45) is 11.1 Å². The van der Waals surface area contributed by atoms with Crippen LogP contribution in [0.25, 0.3) is 0 Å². The molecule has 1 aromatic rings. The van der Waals surface area contributed by atoms with Gasteiger partial charge in [0.1, 0.15) is 0 Å². The molecule has 20 heavy (non-hydrogen) atoms. The van der Waals surface area contributed by atoms with E-state index in [-0.39, 0.29) is 11.3 Å².